The van der Waals surface area contributed by atoms with Gasteiger partial charge in [0.05, 0.1) is 18.8 Å². The molecule has 0 aliphatic carbocycles. The maximum absolute atomic E-state index is 5.76. The van der Waals surface area contributed by atoms with Crippen molar-refractivity contribution in [2.24, 2.45) is 5.92 Å². The van der Waals surface area contributed by atoms with Crippen molar-refractivity contribution in [1.29, 1.82) is 0 Å². The van der Waals surface area contributed by atoms with Crippen molar-refractivity contribution in [2.45, 2.75) is 91.5 Å². The zero-order valence-electron chi connectivity index (χ0n) is 19.3. The third-order valence-corrected chi connectivity index (χ3v) is 3.86. The van der Waals surface area contributed by atoms with Crippen molar-refractivity contribution in [2.75, 3.05) is 46.8 Å². The second kappa shape index (κ2) is 18.8. The van der Waals surface area contributed by atoms with E-state index < -0.39 is 0 Å². The van der Waals surface area contributed by atoms with Gasteiger partial charge in [-0.2, -0.15) is 0 Å². The van der Waals surface area contributed by atoms with E-state index in [2.05, 4.69) is 34.6 Å². The molecule has 0 heterocycles. The van der Waals surface area contributed by atoms with Crippen molar-refractivity contribution in [3.05, 3.63) is 0 Å². The largest absolute Gasteiger partial charge is 0.381 e. The van der Waals surface area contributed by atoms with Crippen LogP contribution < -0.4 is 0 Å². The molecule has 0 bridgehead atoms. The summed E-state index contributed by atoms with van der Waals surface area (Å²) < 4.78 is 22.4. The maximum atomic E-state index is 5.76. The van der Waals surface area contributed by atoms with Crippen molar-refractivity contribution in [3.63, 3.8) is 0 Å². The molecule has 0 aliphatic rings. The van der Waals surface area contributed by atoms with Crippen molar-refractivity contribution in [3.8, 4) is 0 Å². The Morgan fingerprint density at radius 1 is 0.714 bits per heavy atom. The van der Waals surface area contributed by atoms with E-state index in [4.69, 9.17) is 28.7 Å². The molecule has 0 aromatic heterocycles. The van der Waals surface area contributed by atoms with Crippen LogP contribution in [0.1, 0.15) is 79.6 Å². The van der Waals surface area contributed by atoms with Crippen molar-refractivity contribution >= 4 is 0 Å². The highest BCUT2D eigenvalue weighted by Gasteiger charge is 2.09. The van der Waals surface area contributed by atoms with Crippen LogP contribution in [-0.2, 0) is 28.7 Å². The van der Waals surface area contributed by atoms with Crippen molar-refractivity contribution < 1.29 is 28.7 Å². The molecule has 0 amide bonds. The van der Waals surface area contributed by atoms with Crippen LogP contribution in [0.15, 0.2) is 0 Å². The third-order valence-electron chi connectivity index (χ3n) is 3.86. The average molecular weight is 407 g/mol. The first-order valence-corrected chi connectivity index (χ1v) is 11.0. The van der Waals surface area contributed by atoms with Crippen molar-refractivity contribution in [1.82, 2.24) is 0 Å². The number of hydrogen-bond donors (Lipinski definition) is 0. The molecule has 0 saturated heterocycles. The van der Waals surface area contributed by atoms with E-state index in [1.54, 1.807) is 7.11 Å². The quantitative estimate of drug-likeness (QED) is 0.121. The first kappa shape index (κ1) is 27.8. The first-order chi connectivity index (χ1) is 13.3. The van der Waals surface area contributed by atoms with E-state index in [0.29, 0.717) is 25.7 Å². The van der Waals surface area contributed by atoms with E-state index in [0.717, 1.165) is 64.8 Å². The van der Waals surface area contributed by atoms with Crippen LogP contribution in [-0.4, -0.2) is 58.6 Å². The zero-order valence-corrected chi connectivity index (χ0v) is 19.3. The fourth-order valence-corrected chi connectivity index (χ4v) is 2.34. The predicted octanol–water partition coefficient (Wildman–Crippen LogP) is 5.14. The van der Waals surface area contributed by atoms with Gasteiger partial charge in [0, 0.05) is 33.5 Å². The third kappa shape index (κ3) is 22.1. The highest BCUT2D eigenvalue weighted by molar-refractivity contribution is 4.58. The Bertz CT molecular complexity index is 317. The molecule has 6 heteroatoms. The van der Waals surface area contributed by atoms with Gasteiger partial charge in [-0.3, -0.25) is 0 Å². The number of unbranched alkanes of at least 4 members (excludes halogenated alkanes) is 3. The average Bonchev–Trinajstić information content (AvgIpc) is 2.62. The van der Waals surface area contributed by atoms with E-state index in [1.807, 2.05) is 0 Å². The Morgan fingerprint density at radius 3 is 1.89 bits per heavy atom. The molecular weight excluding hydrogens is 360 g/mol. The van der Waals surface area contributed by atoms with Crippen LogP contribution in [0.4, 0.5) is 0 Å². The molecule has 0 N–H and O–H groups in total. The Balaban J connectivity index is 3.34. The van der Waals surface area contributed by atoms with Gasteiger partial charge in [-0.1, -0.05) is 13.8 Å². The van der Waals surface area contributed by atoms with Gasteiger partial charge in [0.1, 0.15) is 0 Å². The van der Waals surface area contributed by atoms with Gasteiger partial charge in [0.15, 0.2) is 6.29 Å². The van der Waals surface area contributed by atoms with Crippen LogP contribution in [0.2, 0.25) is 0 Å². The molecule has 0 rings (SSSR count). The SMILES string of the molecule is COC(CCCCOOCCCCOC(C)(C)C)OCCCCOCC(C)C. The van der Waals surface area contributed by atoms with Gasteiger partial charge in [-0.15, -0.1) is 0 Å². The van der Waals surface area contributed by atoms with E-state index in [9.17, 15) is 0 Å². The summed E-state index contributed by atoms with van der Waals surface area (Å²) in [4.78, 5) is 10.4. The summed E-state index contributed by atoms with van der Waals surface area (Å²) >= 11 is 0. The summed E-state index contributed by atoms with van der Waals surface area (Å²) in [5, 5.41) is 0. The Morgan fingerprint density at radius 2 is 1.29 bits per heavy atom. The van der Waals surface area contributed by atoms with Crippen LogP contribution in [0.25, 0.3) is 0 Å². The summed E-state index contributed by atoms with van der Waals surface area (Å²) in [5.41, 5.74) is -0.0665. The summed E-state index contributed by atoms with van der Waals surface area (Å²) in [6, 6.07) is 0. The van der Waals surface area contributed by atoms with Gasteiger partial charge in [0.2, 0.25) is 0 Å². The molecule has 1 atom stereocenters. The van der Waals surface area contributed by atoms with Gasteiger partial charge >= 0.3 is 0 Å². The zero-order chi connectivity index (χ0) is 21.1. The van der Waals surface area contributed by atoms with Gasteiger partial charge in [-0.25, -0.2) is 9.78 Å². The topological polar surface area (TPSA) is 55.4 Å². The number of rotatable bonds is 20. The minimum Gasteiger partial charge on any atom is -0.381 e. The van der Waals surface area contributed by atoms with Crippen LogP contribution in [0.5, 0.6) is 0 Å². The second-order valence-corrected chi connectivity index (χ2v) is 8.52. The highest BCUT2D eigenvalue weighted by atomic mass is 17.2. The van der Waals surface area contributed by atoms with E-state index >= 15 is 0 Å². The number of hydrogen-bond acceptors (Lipinski definition) is 6. The van der Waals surface area contributed by atoms with Crippen LogP contribution >= 0.6 is 0 Å². The maximum Gasteiger partial charge on any atom is 0.157 e. The minimum absolute atomic E-state index is 0.0665. The smallest absolute Gasteiger partial charge is 0.157 e. The summed E-state index contributed by atoms with van der Waals surface area (Å²) in [7, 11) is 1.69. The van der Waals surface area contributed by atoms with Gasteiger partial charge in [-0.05, 0) is 71.6 Å². The minimum atomic E-state index is -0.139. The van der Waals surface area contributed by atoms with E-state index in [-0.39, 0.29) is 11.9 Å². The molecule has 0 saturated carbocycles. The first-order valence-electron chi connectivity index (χ1n) is 11.0. The lowest BCUT2D eigenvalue weighted by Gasteiger charge is -2.19. The lowest BCUT2D eigenvalue weighted by Crippen LogP contribution is -2.19. The Labute approximate surface area is 173 Å². The number of methoxy groups -OCH3 is 1. The van der Waals surface area contributed by atoms with E-state index in [1.165, 1.54) is 0 Å². The molecule has 28 heavy (non-hydrogen) atoms. The second-order valence-electron chi connectivity index (χ2n) is 8.52. The summed E-state index contributed by atoms with van der Waals surface area (Å²) in [5.74, 6) is 0.594. The standard InChI is InChI=1S/C22H46O6/c1-20(2)19-24-14-9-10-15-25-21(23-6)13-7-8-17-27-28-18-12-11-16-26-22(3,4)5/h20-21H,7-19H2,1-6H3. The van der Waals surface area contributed by atoms with Crippen LogP contribution in [0, 0.1) is 5.92 Å². The van der Waals surface area contributed by atoms with Gasteiger partial charge < -0.3 is 18.9 Å². The normalized spacial score (nSPS) is 13.4. The lowest BCUT2D eigenvalue weighted by atomic mass is 10.2. The Kier molecular flexibility index (Phi) is 18.6. The Hall–Kier alpha value is -0.240. The summed E-state index contributed by atoms with van der Waals surface area (Å²) in [6.07, 6.45) is 6.59. The highest BCUT2D eigenvalue weighted by Crippen LogP contribution is 2.09. The summed E-state index contributed by atoms with van der Waals surface area (Å²) in [6.45, 7) is 14.8. The molecule has 170 valence electrons. The molecule has 1 unspecified atom stereocenters. The van der Waals surface area contributed by atoms with Crippen LogP contribution in [0.3, 0.4) is 0 Å². The molecule has 6 nitrogen and oxygen atoms in total. The molecule has 0 aliphatic heterocycles. The monoisotopic (exact) mass is 406 g/mol. The fourth-order valence-electron chi connectivity index (χ4n) is 2.34. The lowest BCUT2D eigenvalue weighted by molar-refractivity contribution is -0.295. The molecule has 0 aromatic carbocycles. The predicted molar refractivity (Wildman–Crippen MR) is 112 cm³/mol. The molecule has 0 fully saturated rings. The molecule has 0 aromatic rings. The fraction of sp³-hybridized carbons (Fsp3) is 1.00. The number of ether oxygens (including phenoxy) is 4. The molecular formula is C22H46O6. The molecule has 0 radical (unpaired) electrons. The molecule has 0 spiro atoms. The van der Waals surface area contributed by atoms with Gasteiger partial charge in [0.25, 0.3) is 0 Å².